The van der Waals surface area contributed by atoms with Crippen LogP contribution in [0.4, 0.5) is 5.69 Å². The van der Waals surface area contributed by atoms with E-state index in [9.17, 15) is 36.3 Å². The molecule has 4 rings (SSSR count). The maximum atomic E-state index is 12.7. The SMILES string of the molecule is O=C1NN(c2ccc(S(=O)(=O)O)cc2)C(=O)/C1=C\CCc1c(O)n(-c2ccc(S(=O)(=O)O)cc2)[nH]c1=O. The Labute approximate surface area is 208 Å². The monoisotopic (exact) mass is 550 g/mol. The van der Waals surface area contributed by atoms with E-state index in [1.54, 1.807) is 0 Å². The summed E-state index contributed by atoms with van der Waals surface area (Å²) in [5.41, 5.74) is 1.71. The van der Waals surface area contributed by atoms with Crippen molar-refractivity contribution in [3.63, 3.8) is 0 Å². The molecule has 0 radical (unpaired) electrons. The molecule has 0 bridgehead atoms. The third-order valence-corrected chi connectivity index (χ3v) is 7.12. The molecule has 37 heavy (non-hydrogen) atoms. The van der Waals surface area contributed by atoms with Crippen LogP contribution in [-0.2, 0) is 36.2 Å². The second-order valence-electron chi connectivity index (χ2n) is 7.75. The van der Waals surface area contributed by atoms with Crippen molar-refractivity contribution in [2.75, 3.05) is 5.01 Å². The van der Waals surface area contributed by atoms with Crippen LogP contribution in [0.5, 0.6) is 5.88 Å². The predicted molar refractivity (Wildman–Crippen MR) is 126 cm³/mol. The Morgan fingerprint density at radius 2 is 1.32 bits per heavy atom. The van der Waals surface area contributed by atoms with Gasteiger partial charge in [-0.2, -0.15) is 16.8 Å². The number of anilines is 1. The summed E-state index contributed by atoms with van der Waals surface area (Å²) in [5, 5.41) is 13.8. The number of carbonyl (C=O) groups excluding carboxylic acids is 2. The molecule has 0 atom stereocenters. The number of aromatic nitrogens is 2. The fourth-order valence-corrected chi connectivity index (χ4v) is 4.52. The van der Waals surface area contributed by atoms with Crippen LogP contribution in [0, 0.1) is 0 Å². The average molecular weight is 551 g/mol. The lowest BCUT2D eigenvalue weighted by Crippen LogP contribution is -2.35. The van der Waals surface area contributed by atoms with Crippen LogP contribution >= 0.6 is 0 Å². The normalized spacial score (nSPS) is 15.4. The summed E-state index contributed by atoms with van der Waals surface area (Å²) in [7, 11) is -8.86. The molecule has 0 unspecified atom stereocenters. The zero-order chi connectivity index (χ0) is 27.1. The van der Waals surface area contributed by atoms with Gasteiger partial charge in [-0.3, -0.25) is 34.0 Å². The van der Waals surface area contributed by atoms with Crippen LogP contribution in [0.25, 0.3) is 5.69 Å². The Bertz CT molecular complexity index is 1700. The largest absolute Gasteiger partial charge is 0.493 e. The van der Waals surface area contributed by atoms with Gasteiger partial charge in [0.25, 0.3) is 37.6 Å². The van der Waals surface area contributed by atoms with Crippen molar-refractivity contribution in [2.45, 2.75) is 22.6 Å². The van der Waals surface area contributed by atoms with Crippen molar-refractivity contribution < 1.29 is 40.6 Å². The maximum absolute atomic E-state index is 12.7. The van der Waals surface area contributed by atoms with Crippen molar-refractivity contribution in [1.29, 1.82) is 0 Å². The van der Waals surface area contributed by atoms with Gasteiger partial charge in [-0.25, -0.2) is 9.69 Å². The first-order valence-corrected chi connectivity index (χ1v) is 13.2. The number of aromatic amines is 1. The quantitative estimate of drug-likeness (QED) is 0.154. The molecule has 2 aromatic carbocycles. The van der Waals surface area contributed by atoms with E-state index in [0.29, 0.717) is 0 Å². The summed E-state index contributed by atoms with van der Waals surface area (Å²) in [4.78, 5) is 36.6. The number of benzene rings is 2. The Morgan fingerprint density at radius 1 is 0.811 bits per heavy atom. The Morgan fingerprint density at radius 3 is 1.84 bits per heavy atom. The number of H-pyrrole nitrogens is 1. The molecule has 14 nitrogen and oxygen atoms in total. The zero-order valence-electron chi connectivity index (χ0n) is 18.5. The van der Waals surface area contributed by atoms with E-state index in [-0.39, 0.29) is 40.2 Å². The standard InChI is InChI=1S/C21H18N4O10S2/c26-18-16(20(28)24(22-18)12-4-8-14(9-5-12)36(30,31)32)2-1-3-17-19(27)23-25(21(17)29)13-6-10-15(11-7-13)37(33,34)35/h2,4-11,29H,1,3H2,(H,22,26)(H,23,27)(H,30,31,32)(H,33,34,35)/b16-2-. The zero-order valence-corrected chi connectivity index (χ0v) is 20.2. The summed E-state index contributed by atoms with van der Waals surface area (Å²) in [5.74, 6) is -1.94. The molecule has 2 heterocycles. The summed E-state index contributed by atoms with van der Waals surface area (Å²) in [6.07, 6.45) is 1.22. The number of nitrogens with one attached hydrogen (secondary N) is 2. The number of amides is 2. The fraction of sp³-hybridized carbons (Fsp3) is 0.0952. The number of carbonyl (C=O) groups is 2. The van der Waals surface area contributed by atoms with Gasteiger partial charge in [-0.05, 0) is 61.4 Å². The van der Waals surface area contributed by atoms with Crippen LogP contribution < -0.4 is 16.0 Å². The second-order valence-corrected chi connectivity index (χ2v) is 10.6. The van der Waals surface area contributed by atoms with Gasteiger partial charge < -0.3 is 5.11 Å². The molecule has 16 heteroatoms. The lowest BCUT2D eigenvalue weighted by molar-refractivity contribution is -0.117. The van der Waals surface area contributed by atoms with E-state index >= 15 is 0 Å². The lowest BCUT2D eigenvalue weighted by Gasteiger charge is -2.14. The Balaban J connectivity index is 1.49. The van der Waals surface area contributed by atoms with Gasteiger partial charge in [-0.15, -0.1) is 0 Å². The molecule has 1 aliphatic rings. The molecule has 5 N–H and O–H groups in total. The van der Waals surface area contributed by atoms with Crippen LogP contribution in [0.1, 0.15) is 12.0 Å². The van der Waals surface area contributed by atoms with Gasteiger partial charge in [-0.1, -0.05) is 6.08 Å². The highest BCUT2D eigenvalue weighted by Gasteiger charge is 2.34. The summed E-state index contributed by atoms with van der Waals surface area (Å²) in [6.45, 7) is 0. The molecular formula is C21H18N4O10S2. The number of hydrogen-bond donors (Lipinski definition) is 5. The molecule has 1 aromatic heterocycles. The highest BCUT2D eigenvalue weighted by molar-refractivity contribution is 7.86. The summed E-state index contributed by atoms with van der Waals surface area (Å²) < 4.78 is 63.8. The first-order valence-electron chi connectivity index (χ1n) is 10.3. The van der Waals surface area contributed by atoms with Crippen LogP contribution in [0.3, 0.4) is 0 Å². The highest BCUT2D eigenvalue weighted by atomic mass is 32.2. The van der Waals surface area contributed by atoms with E-state index in [2.05, 4.69) is 10.5 Å². The Kier molecular flexibility index (Phi) is 6.51. The van der Waals surface area contributed by atoms with Gasteiger partial charge in [0.15, 0.2) is 0 Å². The third kappa shape index (κ3) is 5.17. The van der Waals surface area contributed by atoms with Crippen LogP contribution in [0.15, 0.2) is 74.8 Å². The number of allylic oxidation sites excluding steroid dienone is 1. The Hall–Kier alpha value is -4.25. The molecule has 2 amide bonds. The van der Waals surface area contributed by atoms with Crippen LogP contribution in [-0.4, -0.2) is 52.6 Å². The van der Waals surface area contributed by atoms with Gasteiger partial charge in [0, 0.05) is 0 Å². The number of hydrazine groups is 1. The number of rotatable bonds is 7. The molecule has 194 valence electrons. The molecule has 3 aromatic rings. The molecule has 1 saturated heterocycles. The van der Waals surface area contributed by atoms with Crippen molar-refractivity contribution in [2.24, 2.45) is 0 Å². The first kappa shape index (κ1) is 25.8. The van der Waals surface area contributed by atoms with E-state index in [1.807, 2.05) is 0 Å². The fourth-order valence-electron chi connectivity index (χ4n) is 3.56. The lowest BCUT2D eigenvalue weighted by atomic mass is 10.1. The first-order chi connectivity index (χ1) is 17.3. The van der Waals surface area contributed by atoms with E-state index in [0.717, 1.165) is 34.0 Å². The second kappa shape index (κ2) is 9.32. The van der Waals surface area contributed by atoms with Gasteiger partial charge in [0.2, 0.25) is 5.88 Å². The van der Waals surface area contributed by atoms with Crippen molar-refractivity contribution >= 4 is 37.7 Å². The topological polar surface area (TPSA) is 216 Å². The van der Waals surface area contributed by atoms with Crippen LogP contribution in [0.2, 0.25) is 0 Å². The predicted octanol–water partition coefficient (Wildman–Crippen LogP) is 0.302. The van der Waals surface area contributed by atoms with Gasteiger partial charge in [0.1, 0.15) is 5.57 Å². The van der Waals surface area contributed by atoms with E-state index in [1.165, 1.54) is 30.3 Å². The minimum absolute atomic E-state index is 0.00632. The highest BCUT2D eigenvalue weighted by Crippen LogP contribution is 2.24. The summed E-state index contributed by atoms with van der Waals surface area (Å²) in [6, 6.07) is 9.22. The van der Waals surface area contributed by atoms with Crippen molar-refractivity contribution in [3.05, 3.63) is 76.1 Å². The third-order valence-electron chi connectivity index (χ3n) is 5.39. The molecule has 1 fully saturated rings. The average Bonchev–Trinajstić information content (AvgIpc) is 3.28. The minimum Gasteiger partial charge on any atom is -0.493 e. The van der Waals surface area contributed by atoms with E-state index in [4.69, 9.17) is 9.11 Å². The molecule has 0 aliphatic carbocycles. The molecular weight excluding hydrogens is 532 g/mol. The van der Waals surface area contributed by atoms with Gasteiger partial charge >= 0.3 is 0 Å². The maximum Gasteiger partial charge on any atom is 0.294 e. The van der Waals surface area contributed by atoms with Crippen molar-refractivity contribution in [3.8, 4) is 11.6 Å². The number of nitrogens with zero attached hydrogens (tertiary/aromatic N) is 2. The minimum atomic E-state index is -4.43. The molecule has 0 saturated carbocycles. The van der Waals surface area contributed by atoms with E-state index < -0.39 is 48.4 Å². The van der Waals surface area contributed by atoms with Gasteiger partial charge in [0.05, 0.1) is 26.7 Å². The van der Waals surface area contributed by atoms with Crippen molar-refractivity contribution in [1.82, 2.24) is 15.2 Å². The number of aromatic hydroxyl groups is 1. The number of hydrogen-bond acceptors (Lipinski definition) is 8. The molecule has 0 spiro atoms. The summed E-state index contributed by atoms with van der Waals surface area (Å²) >= 11 is 0. The molecule has 1 aliphatic heterocycles. The smallest absolute Gasteiger partial charge is 0.294 e.